The lowest BCUT2D eigenvalue weighted by atomic mass is 10.2. The van der Waals surface area contributed by atoms with Gasteiger partial charge in [-0.2, -0.15) is 11.8 Å². The normalized spacial score (nSPS) is 22.6. The number of aromatic amines is 1. The molecule has 5 nitrogen and oxygen atoms in total. The van der Waals surface area contributed by atoms with E-state index >= 15 is 0 Å². The van der Waals surface area contributed by atoms with Crippen molar-refractivity contribution in [1.29, 1.82) is 0 Å². The summed E-state index contributed by atoms with van der Waals surface area (Å²) in [7, 11) is 0. The molecule has 0 spiro atoms. The molecule has 19 heavy (non-hydrogen) atoms. The third kappa shape index (κ3) is 3.72. The Labute approximate surface area is 118 Å². The van der Waals surface area contributed by atoms with Crippen LogP contribution in [0.4, 0.5) is 0 Å². The fourth-order valence-corrected chi connectivity index (χ4v) is 3.68. The monoisotopic (exact) mass is 282 g/mol. The number of hydrogen-bond donors (Lipinski definition) is 2. The van der Waals surface area contributed by atoms with Crippen molar-refractivity contribution in [3.8, 4) is 0 Å². The Hall–Kier alpha value is -1.04. The molecule has 1 aliphatic carbocycles. The van der Waals surface area contributed by atoms with Crippen LogP contribution in [-0.4, -0.2) is 38.1 Å². The third-order valence-corrected chi connectivity index (χ3v) is 4.70. The van der Waals surface area contributed by atoms with Gasteiger partial charge in [-0.15, -0.1) is 5.10 Å². The zero-order chi connectivity index (χ0) is 13.7. The number of H-pyrrole nitrogens is 1. The quantitative estimate of drug-likeness (QED) is 0.839. The minimum Gasteiger partial charge on any atom is -0.345 e. The van der Waals surface area contributed by atoms with Crippen LogP contribution >= 0.6 is 11.8 Å². The van der Waals surface area contributed by atoms with Gasteiger partial charge >= 0.3 is 0 Å². The van der Waals surface area contributed by atoms with Crippen LogP contribution in [0.1, 0.15) is 56.0 Å². The predicted octanol–water partition coefficient (Wildman–Crippen LogP) is 2.16. The molecular formula is C13H22N4OS. The Morgan fingerprint density at radius 2 is 2.32 bits per heavy atom. The van der Waals surface area contributed by atoms with Gasteiger partial charge in [0.25, 0.3) is 5.91 Å². The van der Waals surface area contributed by atoms with Crippen molar-refractivity contribution >= 4 is 17.7 Å². The van der Waals surface area contributed by atoms with Crippen LogP contribution < -0.4 is 5.32 Å². The first-order valence-corrected chi connectivity index (χ1v) is 8.13. The van der Waals surface area contributed by atoms with Crippen molar-refractivity contribution in [2.75, 3.05) is 5.75 Å². The van der Waals surface area contributed by atoms with Gasteiger partial charge in [-0.3, -0.25) is 9.89 Å². The van der Waals surface area contributed by atoms with E-state index in [2.05, 4.69) is 34.3 Å². The van der Waals surface area contributed by atoms with E-state index in [1.807, 2.05) is 11.8 Å². The van der Waals surface area contributed by atoms with Crippen molar-refractivity contribution < 1.29 is 4.79 Å². The van der Waals surface area contributed by atoms with Gasteiger partial charge in [0, 0.05) is 17.7 Å². The average molecular weight is 282 g/mol. The van der Waals surface area contributed by atoms with Gasteiger partial charge in [-0.25, -0.2) is 4.98 Å². The largest absolute Gasteiger partial charge is 0.345 e. The second-order valence-electron chi connectivity index (χ2n) is 4.86. The summed E-state index contributed by atoms with van der Waals surface area (Å²) in [5.41, 5.74) is 0. The number of amides is 1. The number of carbonyl (C=O) groups excluding carboxylic acids is 1. The van der Waals surface area contributed by atoms with Gasteiger partial charge < -0.3 is 5.32 Å². The van der Waals surface area contributed by atoms with E-state index in [-0.39, 0.29) is 17.8 Å². The van der Waals surface area contributed by atoms with Crippen LogP contribution in [-0.2, 0) is 6.42 Å². The smallest absolute Gasteiger partial charge is 0.291 e. The highest BCUT2D eigenvalue weighted by molar-refractivity contribution is 7.99. The maximum atomic E-state index is 12.1. The maximum Gasteiger partial charge on any atom is 0.291 e. The molecule has 2 unspecified atom stereocenters. The van der Waals surface area contributed by atoms with Crippen molar-refractivity contribution in [1.82, 2.24) is 20.5 Å². The van der Waals surface area contributed by atoms with Crippen LogP contribution in [0.5, 0.6) is 0 Å². The summed E-state index contributed by atoms with van der Waals surface area (Å²) >= 11 is 1.93. The van der Waals surface area contributed by atoms with Crippen LogP contribution in [0, 0.1) is 0 Å². The van der Waals surface area contributed by atoms with Crippen LogP contribution in [0.15, 0.2) is 0 Å². The predicted molar refractivity (Wildman–Crippen MR) is 77.4 cm³/mol. The van der Waals surface area contributed by atoms with E-state index in [1.165, 1.54) is 12.8 Å². The van der Waals surface area contributed by atoms with Crippen molar-refractivity contribution in [3.63, 3.8) is 0 Å². The molecule has 2 atom stereocenters. The highest BCUT2D eigenvalue weighted by Gasteiger charge is 2.29. The molecule has 6 heteroatoms. The molecule has 0 aromatic carbocycles. The second kappa shape index (κ2) is 6.93. The average Bonchev–Trinajstić information content (AvgIpc) is 3.01. The van der Waals surface area contributed by atoms with E-state index in [4.69, 9.17) is 0 Å². The SMILES string of the molecule is CCCc1nc(C(=O)NC2CCCC2SCC)n[nH]1. The van der Waals surface area contributed by atoms with Crippen LogP contribution in [0.2, 0.25) is 0 Å². The van der Waals surface area contributed by atoms with Crippen molar-refractivity contribution in [2.45, 2.75) is 57.2 Å². The lowest BCUT2D eigenvalue weighted by Gasteiger charge is -2.19. The van der Waals surface area contributed by atoms with Crippen molar-refractivity contribution in [2.24, 2.45) is 0 Å². The van der Waals surface area contributed by atoms with Gasteiger partial charge in [0.1, 0.15) is 5.82 Å². The lowest BCUT2D eigenvalue weighted by molar-refractivity contribution is 0.0928. The highest BCUT2D eigenvalue weighted by Crippen LogP contribution is 2.29. The Balaban J connectivity index is 1.92. The van der Waals surface area contributed by atoms with Crippen LogP contribution in [0.3, 0.4) is 0 Å². The van der Waals surface area contributed by atoms with E-state index in [0.29, 0.717) is 5.25 Å². The summed E-state index contributed by atoms with van der Waals surface area (Å²) in [5.74, 6) is 2.01. The molecule has 1 aliphatic rings. The van der Waals surface area contributed by atoms with Gasteiger partial charge in [0.2, 0.25) is 5.82 Å². The standard InChI is InChI=1S/C13H22N4OS/c1-3-6-11-15-12(17-16-11)13(18)14-9-7-5-8-10(9)19-4-2/h9-10H,3-8H2,1-2H3,(H,14,18)(H,15,16,17). The van der Waals surface area contributed by atoms with E-state index in [0.717, 1.165) is 30.8 Å². The fraction of sp³-hybridized carbons (Fsp3) is 0.769. The van der Waals surface area contributed by atoms with Gasteiger partial charge in [-0.05, 0) is 25.0 Å². The van der Waals surface area contributed by atoms with Gasteiger partial charge in [0.05, 0.1) is 0 Å². The maximum absolute atomic E-state index is 12.1. The number of aromatic nitrogens is 3. The summed E-state index contributed by atoms with van der Waals surface area (Å²) in [6, 6.07) is 0.269. The van der Waals surface area contributed by atoms with E-state index in [9.17, 15) is 4.79 Å². The number of rotatable bonds is 6. The number of hydrogen-bond acceptors (Lipinski definition) is 4. The zero-order valence-electron chi connectivity index (χ0n) is 11.6. The molecule has 0 aliphatic heterocycles. The Bertz CT molecular complexity index is 421. The summed E-state index contributed by atoms with van der Waals surface area (Å²) in [6.45, 7) is 4.24. The first kappa shape index (κ1) is 14.4. The summed E-state index contributed by atoms with van der Waals surface area (Å²) in [4.78, 5) is 16.3. The minimum atomic E-state index is -0.146. The molecule has 0 bridgehead atoms. The third-order valence-electron chi connectivity index (χ3n) is 3.37. The number of nitrogens with one attached hydrogen (secondary N) is 2. The molecule has 1 heterocycles. The van der Waals surface area contributed by atoms with E-state index < -0.39 is 0 Å². The zero-order valence-corrected chi connectivity index (χ0v) is 12.4. The first-order valence-electron chi connectivity index (χ1n) is 7.08. The Morgan fingerprint density at radius 1 is 1.47 bits per heavy atom. The molecule has 0 saturated heterocycles. The van der Waals surface area contributed by atoms with Crippen molar-refractivity contribution in [3.05, 3.63) is 11.6 Å². The topological polar surface area (TPSA) is 70.7 Å². The van der Waals surface area contributed by atoms with Gasteiger partial charge in [0.15, 0.2) is 0 Å². The summed E-state index contributed by atoms with van der Waals surface area (Å²) in [6.07, 6.45) is 5.28. The first-order chi connectivity index (χ1) is 9.24. The molecule has 2 rings (SSSR count). The highest BCUT2D eigenvalue weighted by atomic mass is 32.2. The minimum absolute atomic E-state index is 0.146. The molecule has 1 saturated carbocycles. The molecule has 2 N–H and O–H groups in total. The number of carbonyl (C=O) groups is 1. The summed E-state index contributed by atoms with van der Waals surface area (Å²) < 4.78 is 0. The fourth-order valence-electron chi connectivity index (χ4n) is 2.48. The summed E-state index contributed by atoms with van der Waals surface area (Å²) in [5, 5.41) is 10.4. The second-order valence-corrected chi connectivity index (χ2v) is 6.38. The molecule has 0 radical (unpaired) electrons. The lowest BCUT2D eigenvalue weighted by Crippen LogP contribution is -2.39. The molecule has 1 amide bonds. The molecular weight excluding hydrogens is 260 g/mol. The number of thioether (sulfide) groups is 1. The molecule has 106 valence electrons. The van der Waals surface area contributed by atoms with E-state index in [1.54, 1.807) is 0 Å². The Kier molecular flexibility index (Phi) is 5.24. The number of nitrogens with zero attached hydrogens (tertiary/aromatic N) is 2. The number of aryl methyl sites for hydroxylation is 1. The van der Waals surface area contributed by atoms with Crippen LogP contribution in [0.25, 0.3) is 0 Å². The van der Waals surface area contributed by atoms with Gasteiger partial charge in [-0.1, -0.05) is 20.3 Å². The Morgan fingerprint density at radius 3 is 3.05 bits per heavy atom. The molecule has 1 aromatic rings. The molecule has 1 fully saturated rings. The molecule has 1 aromatic heterocycles.